The van der Waals surface area contributed by atoms with Gasteiger partial charge in [0.25, 0.3) is 5.91 Å². The van der Waals surface area contributed by atoms with E-state index in [0.717, 1.165) is 12.0 Å². The summed E-state index contributed by atoms with van der Waals surface area (Å²) in [6.45, 7) is 1.93. The van der Waals surface area contributed by atoms with Gasteiger partial charge >= 0.3 is 0 Å². The van der Waals surface area contributed by atoms with Crippen LogP contribution in [0.15, 0.2) is 54.6 Å². The summed E-state index contributed by atoms with van der Waals surface area (Å²) < 4.78 is 26.4. The number of amides is 1. The summed E-state index contributed by atoms with van der Waals surface area (Å²) in [5.74, 6) is -1.16. The van der Waals surface area contributed by atoms with E-state index in [0.29, 0.717) is 17.7 Å². The zero-order valence-electron chi connectivity index (χ0n) is 14.0. The molecule has 2 rings (SSSR count). The highest BCUT2D eigenvalue weighted by molar-refractivity contribution is 7.92. The van der Waals surface area contributed by atoms with Gasteiger partial charge in [-0.3, -0.25) is 14.7 Å². The van der Waals surface area contributed by atoms with Crippen LogP contribution >= 0.6 is 0 Å². The summed E-state index contributed by atoms with van der Waals surface area (Å²) in [6, 6.07) is 15.6. The molecule has 1 amide bonds. The SMILES string of the molecule is CCCCS(=O)(=O)Nc1ccc(C(C(=O)NO)c2ccccc2)cc1. The maximum absolute atomic E-state index is 12.1. The van der Waals surface area contributed by atoms with E-state index in [1.807, 2.05) is 25.1 Å². The van der Waals surface area contributed by atoms with Crippen LogP contribution in [0.4, 0.5) is 5.69 Å². The van der Waals surface area contributed by atoms with Gasteiger partial charge in [0.15, 0.2) is 0 Å². The standard InChI is InChI=1S/C18H22N2O4S/c1-2-3-13-25(23,24)20-16-11-9-15(10-12-16)17(18(21)19-22)14-7-5-4-6-8-14/h4-12,17,20,22H,2-3,13H2,1H3,(H,19,21). The van der Waals surface area contributed by atoms with Crippen molar-refractivity contribution in [2.75, 3.05) is 10.5 Å². The van der Waals surface area contributed by atoms with Crippen LogP contribution in [-0.4, -0.2) is 25.3 Å². The largest absolute Gasteiger partial charge is 0.289 e. The third-order valence-electron chi connectivity index (χ3n) is 3.79. The summed E-state index contributed by atoms with van der Waals surface area (Å²) in [7, 11) is -3.37. The van der Waals surface area contributed by atoms with Gasteiger partial charge in [0.2, 0.25) is 10.0 Å². The molecule has 0 spiro atoms. The molecule has 3 N–H and O–H groups in total. The Morgan fingerprint density at radius 1 is 1.04 bits per heavy atom. The first-order chi connectivity index (χ1) is 12.0. The second kappa shape index (κ2) is 8.64. The fourth-order valence-corrected chi connectivity index (χ4v) is 3.78. The molecule has 0 bridgehead atoms. The van der Waals surface area contributed by atoms with Crippen molar-refractivity contribution in [3.63, 3.8) is 0 Å². The molecule has 1 unspecified atom stereocenters. The van der Waals surface area contributed by atoms with Gasteiger partial charge in [-0.15, -0.1) is 0 Å². The van der Waals surface area contributed by atoms with Crippen LogP contribution < -0.4 is 10.2 Å². The topological polar surface area (TPSA) is 95.5 Å². The summed E-state index contributed by atoms with van der Waals surface area (Å²) in [6.07, 6.45) is 1.40. The molecule has 2 aromatic carbocycles. The molecule has 7 heteroatoms. The van der Waals surface area contributed by atoms with Gasteiger partial charge in [0.1, 0.15) is 0 Å². The van der Waals surface area contributed by atoms with Crippen LogP contribution in [0, 0.1) is 0 Å². The predicted molar refractivity (Wildman–Crippen MR) is 97.0 cm³/mol. The van der Waals surface area contributed by atoms with Crippen molar-refractivity contribution in [2.24, 2.45) is 0 Å². The lowest BCUT2D eigenvalue weighted by molar-refractivity contribution is -0.129. The first-order valence-corrected chi connectivity index (χ1v) is 9.71. The first kappa shape index (κ1) is 19.0. The number of hydroxylamine groups is 1. The number of carbonyl (C=O) groups excluding carboxylic acids is 1. The summed E-state index contributed by atoms with van der Waals surface area (Å²) in [4.78, 5) is 12.1. The molecule has 6 nitrogen and oxygen atoms in total. The monoisotopic (exact) mass is 362 g/mol. The zero-order chi connectivity index (χ0) is 18.3. The minimum Gasteiger partial charge on any atom is -0.289 e. The van der Waals surface area contributed by atoms with Crippen molar-refractivity contribution in [3.05, 3.63) is 65.7 Å². The number of benzene rings is 2. The van der Waals surface area contributed by atoms with Crippen LogP contribution in [-0.2, 0) is 14.8 Å². The fourth-order valence-electron chi connectivity index (χ4n) is 2.51. The van der Waals surface area contributed by atoms with Gasteiger partial charge in [0.05, 0.1) is 11.7 Å². The molecule has 0 heterocycles. The number of hydrogen-bond acceptors (Lipinski definition) is 4. The smallest absolute Gasteiger partial charge is 0.255 e. The lowest BCUT2D eigenvalue weighted by Crippen LogP contribution is -2.27. The van der Waals surface area contributed by atoms with E-state index in [-0.39, 0.29) is 5.75 Å². The normalized spacial score (nSPS) is 12.4. The lowest BCUT2D eigenvalue weighted by Gasteiger charge is -2.16. The predicted octanol–water partition coefficient (Wildman–Crippen LogP) is 2.87. The average Bonchev–Trinajstić information content (AvgIpc) is 2.62. The maximum Gasteiger partial charge on any atom is 0.255 e. The number of hydrogen-bond donors (Lipinski definition) is 3. The molecule has 0 aliphatic carbocycles. The molecule has 0 saturated carbocycles. The van der Waals surface area contributed by atoms with E-state index in [4.69, 9.17) is 5.21 Å². The van der Waals surface area contributed by atoms with Crippen molar-refractivity contribution in [1.29, 1.82) is 0 Å². The van der Waals surface area contributed by atoms with E-state index in [1.54, 1.807) is 41.9 Å². The highest BCUT2D eigenvalue weighted by Gasteiger charge is 2.22. The van der Waals surface area contributed by atoms with Crippen LogP contribution in [0.25, 0.3) is 0 Å². The van der Waals surface area contributed by atoms with Gasteiger partial charge in [-0.05, 0) is 29.7 Å². The molecule has 134 valence electrons. The van der Waals surface area contributed by atoms with Crippen LogP contribution in [0.2, 0.25) is 0 Å². The third-order valence-corrected chi connectivity index (χ3v) is 5.16. The number of rotatable bonds is 8. The van der Waals surface area contributed by atoms with E-state index in [1.165, 1.54) is 0 Å². The third kappa shape index (κ3) is 5.30. The molecule has 2 aromatic rings. The highest BCUT2D eigenvalue weighted by atomic mass is 32.2. The van der Waals surface area contributed by atoms with E-state index < -0.39 is 21.8 Å². The Bertz CT molecular complexity index is 790. The summed E-state index contributed by atoms with van der Waals surface area (Å²) >= 11 is 0. The van der Waals surface area contributed by atoms with Gasteiger partial charge in [-0.1, -0.05) is 55.8 Å². The maximum atomic E-state index is 12.1. The quantitative estimate of drug-likeness (QED) is 0.497. The number of anilines is 1. The van der Waals surface area contributed by atoms with Gasteiger partial charge in [0, 0.05) is 5.69 Å². The molecular formula is C18H22N2O4S. The Kier molecular flexibility index (Phi) is 6.55. The molecule has 0 saturated heterocycles. The minimum absolute atomic E-state index is 0.0742. The molecule has 0 radical (unpaired) electrons. The number of carbonyl (C=O) groups is 1. The Labute approximate surface area is 147 Å². The molecular weight excluding hydrogens is 340 g/mol. The zero-order valence-corrected chi connectivity index (χ0v) is 14.8. The van der Waals surface area contributed by atoms with Crippen molar-refractivity contribution in [1.82, 2.24) is 5.48 Å². The van der Waals surface area contributed by atoms with Crippen molar-refractivity contribution in [2.45, 2.75) is 25.7 Å². The molecule has 0 aliphatic heterocycles. The van der Waals surface area contributed by atoms with Gasteiger partial charge in [-0.25, -0.2) is 13.9 Å². The Morgan fingerprint density at radius 3 is 2.20 bits per heavy atom. The lowest BCUT2D eigenvalue weighted by atomic mass is 9.90. The minimum atomic E-state index is -3.37. The van der Waals surface area contributed by atoms with Gasteiger partial charge < -0.3 is 0 Å². The van der Waals surface area contributed by atoms with E-state index in [2.05, 4.69) is 4.72 Å². The Morgan fingerprint density at radius 2 is 1.64 bits per heavy atom. The Balaban J connectivity index is 2.23. The highest BCUT2D eigenvalue weighted by Crippen LogP contribution is 2.26. The van der Waals surface area contributed by atoms with Crippen LogP contribution in [0.1, 0.15) is 36.8 Å². The summed E-state index contributed by atoms with van der Waals surface area (Å²) in [5.41, 5.74) is 3.50. The number of sulfonamides is 1. The van der Waals surface area contributed by atoms with E-state index in [9.17, 15) is 13.2 Å². The average molecular weight is 362 g/mol. The molecule has 1 atom stereocenters. The number of unbranched alkanes of at least 4 members (excludes halogenated alkanes) is 1. The number of nitrogens with one attached hydrogen (secondary N) is 2. The van der Waals surface area contributed by atoms with Gasteiger partial charge in [-0.2, -0.15) is 0 Å². The van der Waals surface area contributed by atoms with Crippen molar-refractivity contribution >= 4 is 21.6 Å². The van der Waals surface area contributed by atoms with Crippen molar-refractivity contribution < 1.29 is 18.4 Å². The van der Waals surface area contributed by atoms with Crippen molar-refractivity contribution in [3.8, 4) is 0 Å². The molecule has 0 aliphatic rings. The van der Waals surface area contributed by atoms with Crippen LogP contribution in [0.3, 0.4) is 0 Å². The first-order valence-electron chi connectivity index (χ1n) is 8.06. The molecule has 0 aromatic heterocycles. The Hall–Kier alpha value is -2.38. The fraction of sp³-hybridized carbons (Fsp3) is 0.278. The van der Waals surface area contributed by atoms with E-state index >= 15 is 0 Å². The molecule has 25 heavy (non-hydrogen) atoms. The molecule has 0 fully saturated rings. The summed E-state index contributed by atoms with van der Waals surface area (Å²) in [5, 5.41) is 9.03. The second-order valence-electron chi connectivity index (χ2n) is 5.72. The second-order valence-corrected chi connectivity index (χ2v) is 7.56. The van der Waals surface area contributed by atoms with Crippen LogP contribution in [0.5, 0.6) is 0 Å².